The van der Waals surface area contributed by atoms with E-state index in [1.54, 1.807) is 5.56 Å². The molecule has 1 aromatic carbocycles. The minimum absolute atomic E-state index is 0.718. The van der Waals surface area contributed by atoms with Crippen LogP contribution >= 0.6 is 0 Å². The first-order valence-corrected chi connectivity index (χ1v) is 6.80. The van der Waals surface area contributed by atoms with Gasteiger partial charge >= 0.3 is 0 Å². The number of rotatable bonds is 0. The van der Waals surface area contributed by atoms with Gasteiger partial charge in [-0.2, -0.15) is 0 Å². The number of nitrogens with one attached hydrogen (secondary N) is 1. The van der Waals surface area contributed by atoms with Gasteiger partial charge < -0.3 is 5.32 Å². The molecule has 1 N–H and O–H groups in total. The van der Waals surface area contributed by atoms with E-state index in [0.717, 1.165) is 12.0 Å². The quantitative estimate of drug-likeness (QED) is 0.680. The van der Waals surface area contributed by atoms with E-state index in [2.05, 4.69) is 29.6 Å². The number of benzene rings is 1. The molecule has 1 heteroatoms. The van der Waals surface area contributed by atoms with E-state index >= 15 is 0 Å². The van der Waals surface area contributed by atoms with Crippen molar-refractivity contribution in [3.05, 3.63) is 29.8 Å². The molecule has 2 atom stereocenters. The lowest BCUT2D eigenvalue weighted by molar-refractivity contribution is 0.513. The summed E-state index contributed by atoms with van der Waals surface area (Å²) in [5, 5.41) is 3.73. The first-order valence-electron chi connectivity index (χ1n) is 6.80. The van der Waals surface area contributed by atoms with Crippen molar-refractivity contribution in [1.29, 1.82) is 0 Å². The molecular weight excluding hydrogens is 194 g/mol. The molecule has 0 saturated heterocycles. The van der Waals surface area contributed by atoms with Gasteiger partial charge in [-0.15, -0.1) is 0 Å². The van der Waals surface area contributed by atoms with Gasteiger partial charge in [0.2, 0.25) is 0 Å². The zero-order chi connectivity index (χ0) is 10.8. The maximum atomic E-state index is 3.73. The number of hydrogen-bond donors (Lipinski definition) is 1. The molecule has 0 amide bonds. The smallest absolute Gasteiger partial charge is 0.0378 e. The monoisotopic (exact) mass is 215 g/mol. The van der Waals surface area contributed by atoms with E-state index in [0.29, 0.717) is 0 Å². The van der Waals surface area contributed by atoms with Crippen LogP contribution in [-0.4, -0.2) is 6.04 Å². The van der Waals surface area contributed by atoms with Crippen molar-refractivity contribution < 1.29 is 0 Å². The Morgan fingerprint density at radius 1 is 0.875 bits per heavy atom. The van der Waals surface area contributed by atoms with Crippen LogP contribution in [0.25, 0.3) is 0 Å². The van der Waals surface area contributed by atoms with Crippen LogP contribution in [0.15, 0.2) is 24.3 Å². The number of fused-ring (bicyclic) bond motifs is 3. The van der Waals surface area contributed by atoms with Crippen LogP contribution in [0, 0.1) is 0 Å². The van der Waals surface area contributed by atoms with Crippen LogP contribution in [0.4, 0.5) is 5.69 Å². The van der Waals surface area contributed by atoms with Crippen molar-refractivity contribution >= 4 is 5.69 Å². The second-order valence-corrected chi connectivity index (χ2v) is 5.29. The number of hydrogen-bond acceptors (Lipinski definition) is 1. The lowest BCUT2D eigenvalue weighted by Crippen LogP contribution is -2.20. The highest BCUT2D eigenvalue weighted by atomic mass is 15.0. The van der Waals surface area contributed by atoms with E-state index in [1.165, 1.54) is 50.6 Å². The van der Waals surface area contributed by atoms with Crippen molar-refractivity contribution in [3.8, 4) is 0 Å². The average Bonchev–Trinajstić information content (AvgIpc) is 2.69. The second kappa shape index (κ2) is 4.48. The second-order valence-electron chi connectivity index (χ2n) is 5.29. The van der Waals surface area contributed by atoms with E-state index in [4.69, 9.17) is 0 Å². The van der Waals surface area contributed by atoms with Gasteiger partial charge in [0.15, 0.2) is 0 Å². The van der Waals surface area contributed by atoms with E-state index in [-0.39, 0.29) is 0 Å². The minimum Gasteiger partial charge on any atom is -0.381 e. The SMILES string of the molecule is c1ccc2c(c1)NC1CCCCCCCC21. The summed E-state index contributed by atoms with van der Waals surface area (Å²) in [5.74, 6) is 0.786. The third-order valence-electron chi connectivity index (χ3n) is 4.22. The lowest BCUT2D eigenvalue weighted by atomic mass is 9.89. The molecule has 1 aromatic rings. The third kappa shape index (κ3) is 1.83. The minimum atomic E-state index is 0.718. The number of anilines is 1. The summed E-state index contributed by atoms with van der Waals surface area (Å²) in [6.45, 7) is 0. The summed E-state index contributed by atoms with van der Waals surface area (Å²) in [6, 6.07) is 9.63. The van der Waals surface area contributed by atoms with Crippen LogP contribution in [0.5, 0.6) is 0 Å². The highest BCUT2D eigenvalue weighted by molar-refractivity contribution is 5.59. The Balaban J connectivity index is 1.85. The predicted octanol–water partition coefficient (Wildman–Crippen LogP) is 4.31. The van der Waals surface area contributed by atoms with Crippen LogP contribution in [0.1, 0.15) is 56.4 Å². The zero-order valence-electron chi connectivity index (χ0n) is 9.91. The molecule has 1 fully saturated rings. The lowest BCUT2D eigenvalue weighted by Gasteiger charge is -2.19. The van der Waals surface area contributed by atoms with E-state index < -0.39 is 0 Å². The topological polar surface area (TPSA) is 12.0 Å². The molecule has 2 aliphatic rings. The van der Waals surface area contributed by atoms with E-state index in [9.17, 15) is 0 Å². The van der Waals surface area contributed by atoms with Gasteiger partial charge in [-0.25, -0.2) is 0 Å². The molecule has 0 aromatic heterocycles. The molecule has 0 spiro atoms. The summed E-state index contributed by atoms with van der Waals surface area (Å²) in [5.41, 5.74) is 2.98. The molecule has 0 bridgehead atoms. The Morgan fingerprint density at radius 2 is 1.62 bits per heavy atom. The Morgan fingerprint density at radius 3 is 2.56 bits per heavy atom. The molecular formula is C15H21N. The summed E-state index contributed by atoms with van der Waals surface area (Å²) in [6.07, 6.45) is 9.88. The van der Waals surface area contributed by atoms with Gasteiger partial charge in [0.25, 0.3) is 0 Å². The average molecular weight is 215 g/mol. The zero-order valence-corrected chi connectivity index (χ0v) is 9.91. The fraction of sp³-hybridized carbons (Fsp3) is 0.600. The van der Waals surface area contributed by atoms with Crippen molar-refractivity contribution in [1.82, 2.24) is 0 Å². The largest absolute Gasteiger partial charge is 0.381 e. The molecule has 0 radical (unpaired) electrons. The van der Waals surface area contributed by atoms with Crippen LogP contribution < -0.4 is 5.32 Å². The maximum Gasteiger partial charge on any atom is 0.0378 e. The van der Waals surface area contributed by atoms with Crippen LogP contribution in [-0.2, 0) is 0 Å². The van der Waals surface area contributed by atoms with Crippen molar-refractivity contribution in [3.63, 3.8) is 0 Å². The highest BCUT2D eigenvalue weighted by Crippen LogP contribution is 2.41. The molecule has 1 aliphatic carbocycles. The Bertz CT molecular complexity index is 358. The number of para-hydroxylation sites is 1. The van der Waals surface area contributed by atoms with Crippen LogP contribution in [0.2, 0.25) is 0 Å². The molecule has 2 unspecified atom stereocenters. The molecule has 86 valence electrons. The normalized spacial score (nSPS) is 29.2. The Hall–Kier alpha value is -0.980. The van der Waals surface area contributed by atoms with Crippen molar-refractivity contribution in [2.24, 2.45) is 0 Å². The van der Waals surface area contributed by atoms with Crippen molar-refractivity contribution in [2.75, 3.05) is 5.32 Å². The molecule has 3 rings (SSSR count). The molecule has 1 heterocycles. The molecule has 1 nitrogen and oxygen atoms in total. The fourth-order valence-electron chi connectivity index (χ4n) is 3.36. The van der Waals surface area contributed by atoms with Gasteiger partial charge in [-0.05, 0) is 24.5 Å². The maximum absolute atomic E-state index is 3.73. The van der Waals surface area contributed by atoms with Gasteiger partial charge in [0.05, 0.1) is 0 Å². The van der Waals surface area contributed by atoms with Crippen molar-refractivity contribution in [2.45, 2.75) is 56.9 Å². The van der Waals surface area contributed by atoms with Gasteiger partial charge in [-0.1, -0.05) is 50.3 Å². The first-order chi connectivity index (χ1) is 7.95. The summed E-state index contributed by atoms with van der Waals surface area (Å²) >= 11 is 0. The summed E-state index contributed by atoms with van der Waals surface area (Å²) in [4.78, 5) is 0. The standard InChI is InChI=1S/C15H21N/c1-2-4-8-12-13-9-6-7-11-15(13)16-14(12)10-5-3-1/h6-7,9,11-12,14,16H,1-5,8,10H2. The fourth-order valence-corrected chi connectivity index (χ4v) is 3.36. The first kappa shape index (κ1) is 10.2. The van der Waals surface area contributed by atoms with Gasteiger partial charge in [0, 0.05) is 17.6 Å². The van der Waals surface area contributed by atoms with Gasteiger partial charge in [-0.3, -0.25) is 0 Å². The predicted molar refractivity (Wildman–Crippen MR) is 68.9 cm³/mol. The molecule has 1 aliphatic heterocycles. The molecule has 1 saturated carbocycles. The Kier molecular flexibility index (Phi) is 2.86. The van der Waals surface area contributed by atoms with Gasteiger partial charge in [0.1, 0.15) is 0 Å². The highest BCUT2D eigenvalue weighted by Gasteiger charge is 2.30. The van der Waals surface area contributed by atoms with E-state index in [1.807, 2.05) is 0 Å². The Labute approximate surface area is 98.3 Å². The third-order valence-corrected chi connectivity index (χ3v) is 4.22. The summed E-state index contributed by atoms with van der Waals surface area (Å²) < 4.78 is 0. The van der Waals surface area contributed by atoms with Crippen LogP contribution in [0.3, 0.4) is 0 Å². The molecule has 16 heavy (non-hydrogen) atoms. The summed E-state index contributed by atoms with van der Waals surface area (Å²) in [7, 11) is 0.